The number of rotatable bonds is 4. The third-order valence-electron chi connectivity index (χ3n) is 1.85. The van der Waals surface area contributed by atoms with Gasteiger partial charge in [-0.25, -0.2) is 0 Å². The van der Waals surface area contributed by atoms with E-state index in [4.69, 9.17) is 5.73 Å². The smallest absolute Gasteiger partial charge is 0.0126 e. The molecule has 0 saturated heterocycles. The molecule has 0 bridgehead atoms. The predicted octanol–water partition coefficient (Wildman–Crippen LogP) is 2.34. The topological polar surface area (TPSA) is 23.8 Å². The second-order valence-corrected chi connectivity index (χ2v) is 3.06. The van der Waals surface area contributed by atoms with Gasteiger partial charge in [0.05, 0.1) is 0 Å². The molecule has 0 aliphatic heterocycles. The quantitative estimate of drug-likeness (QED) is 0.555. The molecular weight excluding hydrogens is 110 g/mol. The van der Waals surface area contributed by atoms with E-state index in [1.54, 1.807) is 0 Å². The van der Waals surface area contributed by atoms with Crippen LogP contribution in [0.3, 0.4) is 0 Å². The molecule has 0 aromatic rings. The maximum atomic E-state index is 7.08. The Hall–Kier alpha value is -0.0400. The van der Waals surface area contributed by atoms with Gasteiger partial charge in [0.2, 0.25) is 0 Å². The first-order valence-corrected chi connectivity index (χ1v) is 3.85. The highest BCUT2D eigenvalue weighted by atomic mass is 14.5. The fourth-order valence-corrected chi connectivity index (χ4v) is 0.937. The van der Waals surface area contributed by atoms with Gasteiger partial charge in [-0.2, -0.15) is 0 Å². The molecule has 0 spiro atoms. The maximum absolute atomic E-state index is 7.08. The molecule has 1 radical (unpaired) electrons. The van der Waals surface area contributed by atoms with Crippen molar-refractivity contribution in [3.8, 4) is 0 Å². The van der Waals surface area contributed by atoms with Crippen LogP contribution in [0.25, 0.3) is 0 Å². The highest BCUT2D eigenvalue weighted by molar-refractivity contribution is 4.57. The second-order valence-electron chi connectivity index (χ2n) is 3.06. The van der Waals surface area contributed by atoms with Crippen LogP contribution in [0.1, 0.15) is 33.6 Å². The highest BCUT2D eigenvalue weighted by Crippen LogP contribution is 2.13. The van der Waals surface area contributed by atoms with E-state index in [-0.39, 0.29) is 0 Å². The Balaban J connectivity index is 3.22. The third-order valence-corrected chi connectivity index (χ3v) is 1.85. The van der Waals surface area contributed by atoms with Crippen LogP contribution in [0.5, 0.6) is 0 Å². The van der Waals surface area contributed by atoms with Gasteiger partial charge >= 0.3 is 0 Å². The van der Waals surface area contributed by atoms with E-state index in [2.05, 4.69) is 20.8 Å². The molecule has 1 N–H and O–H groups in total. The minimum Gasteiger partial charge on any atom is -0.258 e. The number of nitrogens with one attached hydrogen (secondary N) is 1. The van der Waals surface area contributed by atoms with Gasteiger partial charge in [0.25, 0.3) is 0 Å². The van der Waals surface area contributed by atoms with Gasteiger partial charge in [-0.15, -0.1) is 0 Å². The molecule has 9 heavy (non-hydrogen) atoms. The first-order chi connectivity index (χ1) is 4.20. The van der Waals surface area contributed by atoms with Crippen LogP contribution >= 0.6 is 0 Å². The molecule has 0 saturated carbocycles. The van der Waals surface area contributed by atoms with Crippen LogP contribution in [-0.2, 0) is 0 Å². The van der Waals surface area contributed by atoms with E-state index in [9.17, 15) is 0 Å². The summed E-state index contributed by atoms with van der Waals surface area (Å²) < 4.78 is 0. The van der Waals surface area contributed by atoms with Crippen LogP contribution in [0.15, 0.2) is 0 Å². The fourth-order valence-electron chi connectivity index (χ4n) is 0.937. The maximum Gasteiger partial charge on any atom is 0.0126 e. The van der Waals surface area contributed by atoms with Gasteiger partial charge < -0.3 is 0 Å². The highest BCUT2D eigenvalue weighted by Gasteiger charge is 2.04. The standard InChI is InChI=1S/C8H18N/c1-4-7(2)5-8(3)6-9/h7-9H,4-6H2,1-3H3. The summed E-state index contributed by atoms with van der Waals surface area (Å²) in [5, 5.41) is 0. The van der Waals surface area contributed by atoms with Crippen molar-refractivity contribution in [1.82, 2.24) is 5.73 Å². The van der Waals surface area contributed by atoms with E-state index in [1.807, 2.05) is 0 Å². The summed E-state index contributed by atoms with van der Waals surface area (Å²) in [6.45, 7) is 7.21. The Bertz CT molecular complexity index is 53.6. The molecule has 0 aliphatic rings. The molecule has 1 heteroatoms. The predicted molar refractivity (Wildman–Crippen MR) is 41.2 cm³/mol. The Morgan fingerprint density at radius 3 is 2.11 bits per heavy atom. The molecule has 0 rings (SSSR count). The van der Waals surface area contributed by atoms with Gasteiger partial charge in [-0.1, -0.05) is 27.2 Å². The van der Waals surface area contributed by atoms with Crippen molar-refractivity contribution >= 4 is 0 Å². The number of hydrogen-bond acceptors (Lipinski definition) is 0. The summed E-state index contributed by atoms with van der Waals surface area (Å²) in [6.07, 6.45) is 2.48. The molecule has 0 fully saturated rings. The van der Waals surface area contributed by atoms with E-state index in [0.29, 0.717) is 12.5 Å². The fraction of sp³-hybridized carbons (Fsp3) is 1.00. The van der Waals surface area contributed by atoms with Crippen molar-refractivity contribution in [2.45, 2.75) is 33.6 Å². The molecule has 55 valence electrons. The van der Waals surface area contributed by atoms with Gasteiger partial charge in [-0.3, -0.25) is 5.73 Å². The van der Waals surface area contributed by atoms with E-state index in [0.717, 1.165) is 5.92 Å². The SMILES string of the molecule is CCC(C)CC(C)C[NH]. The van der Waals surface area contributed by atoms with Gasteiger partial charge in [0.1, 0.15) is 0 Å². The molecular formula is C8H18N. The van der Waals surface area contributed by atoms with Crippen molar-refractivity contribution in [2.75, 3.05) is 6.54 Å². The Kier molecular flexibility index (Phi) is 4.78. The van der Waals surface area contributed by atoms with Crippen LogP contribution in [0, 0.1) is 11.8 Å². The van der Waals surface area contributed by atoms with Gasteiger partial charge in [0.15, 0.2) is 0 Å². The minimum absolute atomic E-state index is 0.588. The van der Waals surface area contributed by atoms with E-state index >= 15 is 0 Å². The summed E-state index contributed by atoms with van der Waals surface area (Å²) in [5.74, 6) is 1.41. The first-order valence-electron chi connectivity index (χ1n) is 3.85. The Morgan fingerprint density at radius 1 is 1.22 bits per heavy atom. The van der Waals surface area contributed by atoms with E-state index < -0.39 is 0 Å². The molecule has 0 amide bonds. The van der Waals surface area contributed by atoms with Crippen molar-refractivity contribution in [1.29, 1.82) is 0 Å². The molecule has 0 heterocycles. The van der Waals surface area contributed by atoms with E-state index in [1.165, 1.54) is 12.8 Å². The molecule has 1 nitrogen and oxygen atoms in total. The zero-order valence-electron chi connectivity index (χ0n) is 6.78. The summed E-state index contributed by atoms with van der Waals surface area (Å²) in [4.78, 5) is 0. The van der Waals surface area contributed by atoms with Crippen molar-refractivity contribution < 1.29 is 0 Å². The lowest BCUT2D eigenvalue weighted by Crippen LogP contribution is -2.06. The van der Waals surface area contributed by atoms with Crippen molar-refractivity contribution in [3.05, 3.63) is 0 Å². The zero-order chi connectivity index (χ0) is 7.28. The van der Waals surface area contributed by atoms with Gasteiger partial charge in [0, 0.05) is 6.54 Å². The summed E-state index contributed by atoms with van der Waals surface area (Å²) >= 11 is 0. The van der Waals surface area contributed by atoms with Crippen LogP contribution in [-0.4, -0.2) is 6.54 Å². The molecule has 0 aromatic carbocycles. The monoisotopic (exact) mass is 128 g/mol. The normalized spacial score (nSPS) is 17.3. The van der Waals surface area contributed by atoms with Gasteiger partial charge in [-0.05, 0) is 18.3 Å². The van der Waals surface area contributed by atoms with Crippen LogP contribution < -0.4 is 5.73 Å². The van der Waals surface area contributed by atoms with Crippen LogP contribution in [0.2, 0.25) is 0 Å². The lowest BCUT2D eigenvalue weighted by Gasteiger charge is -2.12. The van der Waals surface area contributed by atoms with Crippen molar-refractivity contribution in [2.24, 2.45) is 11.8 Å². The summed E-state index contributed by atoms with van der Waals surface area (Å²) in [5.41, 5.74) is 7.08. The average Bonchev–Trinajstić information content (AvgIpc) is 1.87. The summed E-state index contributed by atoms with van der Waals surface area (Å²) in [7, 11) is 0. The largest absolute Gasteiger partial charge is 0.258 e. The number of hydrogen-bond donors (Lipinski definition) is 0. The molecule has 0 aliphatic carbocycles. The second kappa shape index (κ2) is 4.80. The molecule has 2 atom stereocenters. The zero-order valence-corrected chi connectivity index (χ0v) is 6.78. The first kappa shape index (κ1) is 8.96. The van der Waals surface area contributed by atoms with Crippen LogP contribution in [0.4, 0.5) is 0 Å². The molecule has 0 aromatic heterocycles. The lowest BCUT2D eigenvalue weighted by molar-refractivity contribution is 0.409. The Morgan fingerprint density at radius 2 is 1.78 bits per heavy atom. The Labute approximate surface area is 58.6 Å². The molecule has 2 unspecified atom stereocenters. The third kappa shape index (κ3) is 4.46. The lowest BCUT2D eigenvalue weighted by atomic mass is 9.96. The summed E-state index contributed by atoms with van der Waals surface area (Å²) in [6, 6.07) is 0. The van der Waals surface area contributed by atoms with Crippen molar-refractivity contribution in [3.63, 3.8) is 0 Å². The minimum atomic E-state index is 0.588. The average molecular weight is 128 g/mol.